The van der Waals surface area contributed by atoms with Gasteiger partial charge in [0, 0.05) is 28.6 Å². The Balaban J connectivity index is 2.32. The Kier molecular flexibility index (Phi) is 2.17. The number of halogens is 1. The van der Waals surface area contributed by atoms with Crippen molar-refractivity contribution in [2.24, 2.45) is 12.8 Å². The van der Waals surface area contributed by atoms with Gasteiger partial charge in [0.2, 0.25) is 0 Å². The van der Waals surface area contributed by atoms with Gasteiger partial charge in [-0.05, 0) is 40.8 Å². The number of rotatable bonds is 1. The van der Waals surface area contributed by atoms with E-state index in [0.717, 1.165) is 17.3 Å². The lowest BCUT2D eigenvalue weighted by Gasteiger charge is -2.39. The van der Waals surface area contributed by atoms with Gasteiger partial charge in [-0.3, -0.25) is 0 Å². The summed E-state index contributed by atoms with van der Waals surface area (Å²) < 4.78 is 3.32. The fourth-order valence-electron chi connectivity index (χ4n) is 2.65. The third-order valence-electron chi connectivity index (χ3n) is 3.74. The van der Waals surface area contributed by atoms with Crippen molar-refractivity contribution >= 4 is 26.8 Å². The molecule has 16 heavy (non-hydrogen) atoms. The van der Waals surface area contributed by atoms with Gasteiger partial charge < -0.3 is 10.3 Å². The van der Waals surface area contributed by atoms with E-state index in [1.165, 1.54) is 22.9 Å². The molecule has 2 N–H and O–H groups in total. The van der Waals surface area contributed by atoms with E-state index in [1.54, 1.807) is 0 Å². The molecule has 3 heteroatoms. The van der Waals surface area contributed by atoms with Crippen LogP contribution < -0.4 is 5.73 Å². The lowest BCUT2D eigenvalue weighted by molar-refractivity contribution is 0.255. The molecule has 1 aliphatic carbocycles. The van der Waals surface area contributed by atoms with E-state index >= 15 is 0 Å². The second-order valence-electron chi connectivity index (χ2n) is 4.80. The number of hydrogen-bond donors (Lipinski definition) is 1. The number of fused-ring (bicyclic) bond motifs is 1. The van der Waals surface area contributed by atoms with Crippen LogP contribution in [0.25, 0.3) is 10.9 Å². The molecule has 0 atom stereocenters. The molecule has 0 amide bonds. The predicted molar refractivity (Wildman–Crippen MR) is 70.3 cm³/mol. The number of benzene rings is 1. The lowest BCUT2D eigenvalue weighted by atomic mass is 9.72. The van der Waals surface area contributed by atoms with E-state index in [9.17, 15) is 0 Å². The summed E-state index contributed by atoms with van der Waals surface area (Å²) in [6, 6.07) is 6.42. The van der Waals surface area contributed by atoms with Gasteiger partial charge >= 0.3 is 0 Å². The zero-order chi connectivity index (χ0) is 11.3. The molecule has 3 rings (SSSR count). The van der Waals surface area contributed by atoms with Crippen LogP contribution in [0.4, 0.5) is 0 Å². The van der Waals surface area contributed by atoms with Crippen LogP contribution in [0.3, 0.4) is 0 Å². The van der Waals surface area contributed by atoms with Gasteiger partial charge in [-0.2, -0.15) is 0 Å². The summed E-state index contributed by atoms with van der Waals surface area (Å²) in [5.41, 5.74) is 8.92. The first-order chi connectivity index (χ1) is 7.62. The number of para-hydroxylation sites is 1. The van der Waals surface area contributed by atoms with Crippen LogP contribution in [0.2, 0.25) is 0 Å². The molecule has 0 radical (unpaired) electrons. The Morgan fingerprint density at radius 3 is 2.75 bits per heavy atom. The first-order valence-corrected chi connectivity index (χ1v) is 6.44. The van der Waals surface area contributed by atoms with E-state index in [-0.39, 0.29) is 5.54 Å². The van der Waals surface area contributed by atoms with Crippen LogP contribution in [-0.4, -0.2) is 4.57 Å². The smallest absolute Gasteiger partial charge is 0.0540 e. The molecule has 0 unspecified atom stereocenters. The number of nitrogens with two attached hydrogens (primary N) is 1. The van der Waals surface area contributed by atoms with E-state index in [0.29, 0.717) is 0 Å². The predicted octanol–water partition coefficient (Wildman–Crippen LogP) is 3.28. The highest BCUT2D eigenvalue weighted by molar-refractivity contribution is 9.10. The van der Waals surface area contributed by atoms with Gasteiger partial charge in [-0.1, -0.05) is 18.2 Å². The van der Waals surface area contributed by atoms with Crippen molar-refractivity contribution in [2.45, 2.75) is 24.8 Å². The van der Waals surface area contributed by atoms with Crippen molar-refractivity contribution in [1.82, 2.24) is 4.57 Å². The van der Waals surface area contributed by atoms with Crippen molar-refractivity contribution in [1.29, 1.82) is 0 Å². The minimum absolute atomic E-state index is 0.0922. The standard InChI is InChI=1S/C13H15BrN2/c1-16-8-11(14)9-4-2-5-10(12(9)16)13(15)6-3-7-13/h2,4-5,8H,3,6-7,15H2,1H3. The third kappa shape index (κ3) is 1.28. The highest BCUT2D eigenvalue weighted by Crippen LogP contribution is 2.42. The quantitative estimate of drug-likeness (QED) is 0.853. The Hall–Kier alpha value is -0.800. The largest absolute Gasteiger partial charge is 0.349 e. The fraction of sp³-hybridized carbons (Fsp3) is 0.385. The van der Waals surface area contributed by atoms with E-state index in [4.69, 9.17) is 5.73 Å². The summed E-state index contributed by atoms with van der Waals surface area (Å²) in [6.07, 6.45) is 5.57. The van der Waals surface area contributed by atoms with Crippen molar-refractivity contribution in [3.8, 4) is 0 Å². The molecule has 0 aliphatic heterocycles. The summed E-state index contributed by atoms with van der Waals surface area (Å²) in [4.78, 5) is 0. The van der Waals surface area contributed by atoms with Gasteiger partial charge in [0.25, 0.3) is 0 Å². The number of aryl methyl sites for hydroxylation is 1. The molecule has 0 bridgehead atoms. The molecule has 1 saturated carbocycles. The van der Waals surface area contributed by atoms with Crippen LogP contribution in [0.15, 0.2) is 28.9 Å². The van der Waals surface area contributed by atoms with Gasteiger partial charge in [0.05, 0.1) is 5.52 Å². The van der Waals surface area contributed by atoms with Gasteiger partial charge in [-0.25, -0.2) is 0 Å². The van der Waals surface area contributed by atoms with Crippen molar-refractivity contribution < 1.29 is 0 Å². The van der Waals surface area contributed by atoms with Crippen molar-refractivity contribution in [3.63, 3.8) is 0 Å². The maximum absolute atomic E-state index is 6.44. The zero-order valence-corrected chi connectivity index (χ0v) is 10.9. The van der Waals surface area contributed by atoms with E-state index in [2.05, 4.69) is 51.9 Å². The van der Waals surface area contributed by atoms with Gasteiger partial charge in [0.1, 0.15) is 0 Å². The molecular formula is C13H15BrN2. The average molecular weight is 279 g/mol. The number of aromatic nitrogens is 1. The maximum atomic E-state index is 6.44. The molecule has 1 heterocycles. The molecule has 2 aromatic rings. The van der Waals surface area contributed by atoms with Crippen LogP contribution in [-0.2, 0) is 12.6 Å². The first kappa shape index (κ1) is 10.4. The second kappa shape index (κ2) is 3.34. The maximum Gasteiger partial charge on any atom is 0.0540 e. The summed E-state index contributed by atoms with van der Waals surface area (Å²) >= 11 is 3.60. The van der Waals surface area contributed by atoms with Crippen LogP contribution in [0.5, 0.6) is 0 Å². The summed E-state index contributed by atoms with van der Waals surface area (Å²) in [6.45, 7) is 0. The summed E-state index contributed by atoms with van der Waals surface area (Å²) in [7, 11) is 2.08. The minimum Gasteiger partial charge on any atom is -0.349 e. The highest BCUT2D eigenvalue weighted by atomic mass is 79.9. The summed E-state index contributed by atoms with van der Waals surface area (Å²) in [5, 5.41) is 1.26. The molecule has 1 fully saturated rings. The Bertz CT molecular complexity index is 552. The fourth-order valence-corrected chi connectivity index (χ4v) is 3.28. The van der Waals surface area contributed by atoms with Crippen molar-refractivity contribution in [2.75, 3.05) is 0 Å². The molecule has 1 aliphatic rings. The minimum atomic E-state index is -0.0922. The highest BCUT2D eigenvalue weighted by Gasteiger charge is 2.36. The molecule has 0 saturated heterocycles. The molecule has 84 valence electrons. The average Bonchev–Trinajstić information content (AvgIpc) is 2.52. The molecule has 1 aromatic heterocycles. The topological polar surface area (TPSA) is 30.9 Å². The lowest BCUT2D eigenvalue weighted by Crippen LogP contribution is -2.43. The van der Waals surface area contributed by atoms with Crippen LogP contribution in [0.1, 0.15) is 24.8 Å². The van der Waals surface area contributed by atoms with E-state index < -0.39 is 0 Å². The second-order valence-corrected chi connectivity index (χ2v) is 5.65. The molecule has 2 nitrogen and oxygen atoms in total. The van der Waals surface area contributed by atoms with Crippen molar-refractivity contribution in [3.05, 3.63) is 34.4 Å². The van der Waals surface area contributed by atoms with Crippen LogP contribution >= 0.6 is 15.9 Å². The Labute approximate surface area is 104 Å². The normalized spacial score (nSPS) is 18.7. The Morgan fingerprint density at radius 2 is 2.12 bits per heavy atom. The number of hydrogen-bond acceptors (Lipinski definition) is 1. The van der Waals surface area contributed by atoms with E-state index in [1.807, 2.05) is 0 Å². The van der Waals surface area contributed by atoms with Crippen LogP contribution in [0, 0.1) is 0 Å². The first-order valence-electron chi connectivity index (χ1n) is 5.65. The van der Waals surface area contributed by atoms with Gasteiger partial charge in [0.15, 0.2) is 0 Å². The molecule has 1 aromatic carbocycles. The zero-order valence-electron chi connectivity index (χ0n) is 9.33. The monoisotopic (exact) mass is 278 g/mol. The third-order valence-corrected chi connectivity index (χ3v) is 4.37. The Morgan fingerprint density at radius 1 is 1.38 bits per heavy atom. The van der Waals surface area contributed by atoms with Gasteiger partial charge in [-0.15, -0.1) is 0 Å². The molecular weight excluding hydrogens is 264 g/mol. The molecule has 0 spiro atoms. The summed E-state index contributed by atoms with van der Waals surface area (Å²) in [5.74, 6) is 0. The SMILES string of the molecule is Cn1cc(Br)c2cccc(C3(N)CCC3)c21. The number of nitrogens with zero attached hydrogens (tertiary/aromatic N) is 1.